The summed E-state index contributed by atoms with van der Waals surface area (Å²) in [5.41, 5.74) is 0.673. The lowest BCUT2D eigenvalue weighted by Gasteiger charge is -2.34. The highest BCUT2D eigenvalue weighted by Crippen LogP contribution is 2.24. The van der Waals surface area contributed by atoms with Crippen LogP contribution in [0.15, 0.2) is 18.3 Å². The van der Waals surface area contributed by atoms with Crippen LogP contribution >= 0.6 is 0 Å². The topological polar surface area (TPSA) is 45.2 Å². The molecular formula is C14H21N3O. The van der Waals surface area contributed by atoms with Crippen LogP contribution in [0.3, 0.4) is 0 Å². The molecular weight excluding hydrogens is 226 g/mol. The molecule has 0 radical (unpaired) electrons. The first-order chi connectivity index (χ1) is 8.72. The van der Waals surface area contributed by atoms with Crippen LogP contribution in [0.1, 0.15) is 43.0 Å². The van der Waals surface area contributed by atoms with Gasteiger partial charge < -0.3 is 10.2 Å². The fraction of sp³-hybridized carbons (Fsp3) is 0.571. The number of hydrogen-bond donors (Lipinski definition) is 1. The van der Waals surface area contributed by atoms with Crippen LogP contribution in [0.5, 0.6) is 0 Å². The third-order valence-corrected chi connectivity index (χ3v) is 3.51. The van der Waals surface area contributed by atoms with Crippen molar-refractivity contribution in [1.82, 2.24) is 9.88 Å². The number of amides is 1. The molecule has 18 heavy (non-hydrogen) atoms. The van der Waals surface area contributed by atoms with Crippen LogP contribution in [0.2, 0.25) is 0 Å². The van der Waals surface area contributed by atoms with Crippen LogP contribution in [0.4, 0.5) is 5.82 Å². The van der Waals surface area contributed by atoms with Crippen molar-refractivity contribution in [2.45, 2.75) is 38.6 Å². The average Bonchev–Trinajstić information content (AvgIpc) is 2.34. The fourth-order valence-electron chi connectivity index (χ4n) is 2.02. The van der Waals surface area contributed by atoms with E-state index in [1.165, 1.54) is 6.42 Å². The van der Waals surface area contributed by atoms with E-state index in [0.29, 0.717) is 11.6 Å². The zero-order valence-corrected chi connectivity index (χ0v) is 11.1. The summed E-state index contributed by atoms with van der Waals surface area (Å²) in [5.74, 6) is 0.911. The lowest BCUT2D eigenvalue weighted by molar-refractivity contribution is 0.0651. The molecule has 4 heteroatoms. The molecule has 1 aromatic rings. The number of nitrogens with zero attached hydrogens (tertiary/aromatic N) is 2. The minimum atomic E-state index is 0.0780. The number of rotatable bonds is 5. The van der Waals surface area contributed by atoms with Crippen molar-refractivity contribution < 1.29 is 4.79 Å². The molecule has 1 saturated carbocycles. The van der Waals surface area contributed by atoms with Crippen LogP contribution in [-0.2, 0) is 0 Å². The van der Waals surface area contributed by atoms with E-state index in [9.17, 15) is 4.79 Å². The molecule has 1 N–H and O–H groups in total. The number of aromatic nitrogens is 1. The van der Waals surface area contributed by atoms with Crippen molar-refractivity contribution >= 4 is 11.7 Å². The van der Waals surface area contributed by atoms with Crippen LogP contribution in [0.25, 0.3) is 0 Å². The number of pyridine rings is 1. The number of carbonyl (C=O) groups excluding carboxylic acids is 1. The second-order valence-electron chi connectivity index (χ2n) is 4.86. The lowest BCUT2D eigenvalue weighted by Crippen LogP contribution is -2.41. The third kappa shape index (κ3) is 2.81. The highest BCUT2D eigenvalue weighted by Gasteiger charge is 2.26. The van der Waals surface area contributed by atoms with Gasteiger partial charge in [0.1, 0.15) is 5.82 Å². The maximum absolute atomic E-state index is 12.2. The van der Waals surface area contributed by atoms with E-state index >= 15 is 0 Å². The molecule has 0 unspecified atom stereocenters. The van der Waals surface area contributed by atoms with E-state index in [-0.39, 0.29) is 5.91 Å². The molecule has 4 nitrogen and oxygen atoms in total. The number of nitrogens with one attached hydrogen (secondary N) is 1. The normalized spacial score (nSPS) is 15.0. The number of anilines is 1. The Labute approximate surface area is 108 Å². The smallest absolute Gasteiger partial charge is 0.255 e. The van der Waals surface area contributed by atoms with E-state index in [4.69, 9.17) is 0 Å². The molecule has 2 rings (SSSR count). The Bertz CT molecular complexity index is 398. The fourth-order valence-corrected chi connectivity index (χ4v) is 2.02. The summed E-state index contributed by atoms with van der Waals surface area (Å²) >= 11 is 0. The van der Waals surface area contributed by atoms with E-state index in [0.717, 1.165) is 31.6 Å². The molecule has 0 bridgehead atoms. The van der Waals surface area contributed by atoms with Crippen molar-refractivity contribution in [2.75, 3.05) is 18.9 Å². The van der Waals surface area contributed by atoms with Crippen LogP contribution < -0.4 is 5.32 Å². The highest BCUT2D eigenvalue weighted by atomic mass is 16.2. The molecule has 1 aliphatic carbocycles. The maximum atomic E-state index is 12.2. The van der Waals surface area contributed by atoms with Gasteiger partial charge in [-0.2, -0.15) is 0 Å². The highest BCUT2D eigenvalue weighted by molar-refractivity contribution is 5.94. The first-order valence-electron chi connectivity index (χ1n) is 6.69. The summed E-state index contributed by atoms with van der Waals surface area (Å²) in [6, 6.07) is 4.15. The predicted molar refractivity (Wildman–Crippen MR) is 72.8 cm³/mol. The van der Waals surface area contributed by atoms with Gasteiger partial charge in [-0.1, -0.05) is 6.92 Å². The predicted octanol–water partition coefficient (Wildman–Crippen LogP) is 2.53. The molecule has 0 aliphatic heterocycles. The monoisotopic (exact) mass is 247 g/mol. The Morgan fingerprint density at radius 3 is 2.78 bits per heavy atom. The van der Waals surface area contributed by atoms with E-state index in [2.05, 4.69) is 17.2 Å². The van der Waals surface area contributed by atoms with Gasteiger partial charge in [0.15, 0.2) is 0 Å². The summed E-state index contributed by atoms with van der Waals surface area (Å²) in [6.07, 6.45) is 6.22. The van der Waals surface area contributed by atoms with Crippen molar-refractivity contribution in [2.24, 2.45) is 0 Å². The molecule has 98 valence electrons. The average molecular weight is 247 g/mol. The largest absolute Gasteiger partial charge is 0.370 e. The van der Waals surface area contributed by atoms with E-state index in [1.54, 1.807) is 6.20 Å². The number of carbonyl (C=O) groups is 1. The maximum Gasteiger partial charge on any atom is 0.255 e. The Balaban J connectivity index is 1.97. The van der Waals surface area contributed by atoms with Crippen molar-refractivity contribution in [3.05, 3.63) is 23.9 Å². The van der Waals surface area contributed by atoms with Crippen molar-refractivity contribution in [3.63, 3.8) is 0 Å². The second-order valence-corrected chi connectivity index (χ2v) is 4.86. The molecule has 1 amide bonds. The molecule has 0 saturated heterocycles. The van der Waals surface area contributed by atoms with E-state index < -0.39 is 0 Å². The first-order valence-corrected chi connectivity index (χ1v) is 6.69. The SMILES string of the molecule is CCCNc1ccc(C(=O)N(C)C2CCC2)cn1. The summed E-state index contributed by atoms with van der Waals surface area (Å²) in [7, 11) is 1.88. The second kappa shape index (κ2) is 5.85. The minimum absolute atomic E-state index is 0.0780. The standard InChI is InChI=1S/C14H21N3O/c1-3-9-15-13-8-7-11(10-16-13)14(18)17(2)12-5-4-6-12/h7-8,10,12H,3-6,9H2,1-2H3,(H,15,16). The quantitative estimate of drug-likeness (QED) is 0.869. The number of hydrogen-bond acceptors (Lipinski definition) is 3. The Kier molecular flexibility index (Phi) is 4.18. The molecule has 0 atom stereocenters. The lowest BCUT2D eigenvalue weighted by atomic mass is 9.91. The van der Waals surface area contributed by atoms with Crippen molar-refractivity contribution in [3.8, 4) is 0 Å². The molecule has 0 aromatic carbocycles. The Morgan fingerprint density at radius 2 is 2.28 bits per heavy atom. The third-order valence-electron chi connectivity index (χ3n) is 3.51. The summed E-state index contributed by atoms with van der Waals surface area (Å²) in [6.45, 7) is 3.01. The van der Waals surface area contributed by atoms with Gasteiger partial charge in [0.25, 0.3) is 5.91 Å². The molecule has 1 aliphatic rings. The minimum Gasteiger partial charge on any atom is -0.370 e. The first kappa shape index (κ1) is 12.9. The van der Waals surface area contributed by atoms with Crippen LogP contribution in [-0.4, -0.2) is 35.4 Å². The molecule has 1 heterocycles. The van der Waals surface area contributed by atoms with Gasteiger partial charge in [0.2, 0.25) is 0 Å². The summed E-state index contributed by atoms with van der Waals surface area (Å²) < 4.78 is 0. The van der Waals surface area contributed by atoms with Gasteiger partial charge in [0, 0.05) is 25.8 Å². The zero-order valence-electron chi connectivity index (χ0n) is 11.1. The van der Waals surface area contributed by atoms with Gasteiger partial charge in [-0.25, -0.2) is 4.98 Å². The van der Waals surface area contributed by atoms with Crippen LogP contribution in [0, 0.1) is 0 Å². The van der Waals surface area contributed by atoms with Crippen molar-refractivity contribution in [1.29, 1.82) is 0 Å². The Hall–Kier alpha value is -1.58. The summed E-state index contributed by atoms with van der Waals surface area (Å²) in [4.78, 5) is 18.3. The van der Waals surface area contributed by atoms with Gasteiger partial charge in [0.05, 0.1) is 5.56 Å². The van der Waals surface area contributed by atoms with Gasteiger partial charge >= 0.3 is 0 Å². The van der Waals surface area contributed by atoms with Gasteiger partial charge in [-0.15, -0.1) is 0 Å². The molecule has 0 spiro atoms. The zero-order chi connectivity index (χ0) is 13.0. The van der Waals surface area contributed by atoms with Gasteiger partial charge in [-0.3, -0.25) is 4.79 Å². The van der Waals surface area contributed by atoms with E-state index in [1.807, 2.05) is 24.1 Å². The Morgan fingerprint density at radius 1 is 1.50 bits per heavy atom. The molecule has 1 aromatic heterocycles. The summed E-state index contributed by atoms with van der Waals surface area (Å²) in [5, 5.41) is 3.20. The molecule has 1 fully saturated rings. The van der Waals surface area contributed by atoms with Gasteiger partial charge in [-0.05, 0) is 37.8 Å².